The number of amides is 1. The zero-order valence-electron chi connectivity index (χ0n) is 16.6. The van der Waals surface area contributed by atoms with Crippen molar-refractivity contribution in [2.24, 2.45) is 4.99 Å². The number of aliphatic imine (C=N–C) groups is 1. The SMILES string of the molecule is COc1ccc(/C=C2\SC(=Nc3ccc(OC)cc3)N(c3ccccc3)C2=O)cc1. The van der Waals surface area contributed by atoms with Gasteiger partial charge in [0.15, 0.2) is 5.17 Å². The van der Waals surface area contributed by atoms with Crippen molar-refractivity contribution in [3.8, 4) is 11.5 Å². The molecule has 0 saturated carbocycles. The molecule has 1 heterocycles. The smallest absolute Gasteiger partial charge is 0.271 e. The van der Waals surface area contributed by atoms with Crippen LogP contribution in [0.3, 0.4) is 0 Å². The molecule has 0 N–H and O–H groups in total. The van der Waals surface area contributed by atoms with Crippen molar-refractivity contribution in [3.63, 3.8) is 0 Å². The van der Waals surface area contributed by atoms with Crippen LogP contribution in [0.2, 0.25) is 0 Å². The third kappa shape index (κ3) is 4.23. The van der Waals surface area contributed by atoms with E-state index in [1.165, 1.54) is 11.8 Å². The topological polar surface area (TPSA) is 51.1 Å². The highest BCUT2D eigenvalue weighted by atomic mass is 32.2. The Morgan fingerprint density at radius 3 is 2.03 bits per heavy atom. The fourth-order valence-corrected chi connectivity index (χ4v) is 3.97. The van der Waals surface area contributed by atoms with E-state index in [2.05, 4.69) is 0 Å². The Morgan fingerprint density at radius 2 is 1.43 bits per heavy atom. The maximum Gasteiger partial charge on any atom is 0.271 e. The van der Waals surface area contributed by atoms with Gasteiger partial charge >= 0.3 is 0 Å². The van der Waals surface area contributed by atoms with Gasteiger partial charge in [-0.05, 0) is 71.9 Å². The average Bonchev–Trinajstić information content (AvgIpc) is 3.10. The number of ether oxygens (including phenoxy) is 2. The van der Waals surface area contributed by atoms with E-state index >= 15 is 0 Å². The van der Waals surface area contributed by atoms with E-state index in [1.807, 2.05) is 84.9 Å². The van der Waals surface area contributed by atoms with Gasteiger partial charge in [-0.3, -0.25) is 9.69 Å². The number of hydrogen-bond donors (Lipinski definition) is 0. The maximum atomic E-state index is 13.2. The van der Waals surface area contributed by atoms with E-state index in [1.54, 1.807) is 19.1 Å². The lowest BCUT2D eigenvalue weighted by Crippen LogP contribution is -2.28. The van der Waals surface area contributed by atoms with Crippen LogP contribution >= 0.6 is 11.8 Å². The lowest BCUT2D eigenvalue weighted by molar-refractivity contribution is -0.113. The highest BCUT2D eigenvalue weighted by Crippen LogP contribution is 2.37. The van der Waals surface area contributed by atoms with Gasteiger partial charge < -0.3 is 9.47 Å². The Kier molecular flexibility index (Phi) is 5.86. The quantitative estimate of drug-likeness (QED) is 0.515. The molecule has 0 spiro atoms. The van der Waals surface area contributed by atoms with Crippen LogP contribution in [0.1, 0.15) is 5.56 Å². The second-order valence-electron chi connectivity index (χ2n) is 6.45. The van der Waals surface area contributed by atoms with Gasteiger partial charge in [0.25, 0.3) is 5.91 Å². The number of para-hydroxylation sites is 1. The van der Waals surface area contributed by atoms with Crippen LogP contribution in [0.5, 0.6) is 11.5 Å². The minimum Gasteiger partial charge on any atom is -0.497 e. The molecule has 0 bridgehead atoms. The van der Waals surface area contributed by atoms with Crippen molar-refractivity contribution in [1.29, 1.82) is 0 Å². The first-order valence-electron chi connectivity index (χ1n) is 9.34. The van der Waals surface area contributed by atoms with Crippen molar-refractivity contribution >= 4 is 40.3 Å². The summed E-state index contributed by atoms with van der Waals surface area (Å²) in [7, 11) is 3.25. The van der Waals surface area contributed by atoms with Gasteiger partial charge in [-0.15, -0.1) is 0 Å². The zero-order chi connectivity index (χ0) is 20.9. The van der Waals surface area contributed by atoms with Gasteiger partial charge in [0.1, 0.15) is 11.5 Å². The molecule has 6 heteroatoms. The Labute approximate surface area is 179 Å². The number of hydrogen-bond acceptors (Lipinski definition) is 5. The molecule has 3 aromatic rings. The van der Waals surface area contributed by atoms with Crippen LogP contribution < -0.4 is 14.4 Å². The number of carbonyl (C=O) groups excluding carboxylic acids is 1. The second kappa shape index (κ2) is 8.88. The summed E-state index contributed by atoms with van der Waals surface area (Å²) in [5.41, 5.74) is 2.45. The minimum atomic E-state index is -0.103. The lowest BCUT2D eigenvalue weighted by atomic mass is 10.2. The van der Waals surface area contributed by atoms with Gasteiger partial charge in [0.05, 0.1) is 30.5 Å². The summed E-state index contributed by atoms with van der Waals surface area (Å²) >= 11 is 1.36. The van der Waals surface area contributed by atoms with Crippen molar-refractivity contribution in [2.45, 2.75) is 0 Å². The zero-order valence-corrected chi connectivity index (χ0v) is 17.4. The third-order valence-corrected chi connectivity index (χ3v) is 5.50. The first-order chi connectivity index (χ1) is 14.7. The van der Waals surface area contributed by atoms with Crippen LogP contribution in [0.25, 0.3) is 6.08 Å². The second-order valence-corrected chi connectivity index (χ2v) is 7.46. The number of methoxy groups -OCH3 is 2. The predicted octanol–water partition coefficient (Wildman–Crippen LogP) is 5.51. The predicted molar refractivity (Wildman–Crippen MR) is 123 cm³/mol. The molecule has 1 aliphatic rings. The van der Waals surface area contributed by atoms with Crippen molar-refractivity contribution in [2.75, 3.05) is 19.1 Å². The molecule has 30 heavy (non-hydrogen) atoms. The molecule has 150 valence electrons. The monoisotopic (exact) mass is 416 g/mol. The van der Waals surface area contributed by atoms with E-state index in [0.717, 1.165) is 28.4 Å². The molecule has 1 fully saturated rings. The van der Waals surface area contributed by atoms with Crippen LogP contribution in [-0.2, 0) is 4.79 Å². The van der Waals surface area contributed by atoms with Crippen LogP contribution in [0.15, 0.2) is 88.8 Å². The Morgan fingerprint density at radius 1 is 0.833 bits per heavy atom. The van der Waals surface area contributed by atoms with E-state index in [0.29, 0.717) is 10.1 Å². The highest BCUT2D eigenvalue weighted by molar-refractivity contribution is 8.19. The van der Waals surface area contributed by atoms with Crippen LogP contribution in [0, 0.1) is 0 Å². The standard InChI is InChI=1S/C24H20N2O3S/c1-28-20-12-8-17(9-13-20)16-22-23(27)26(19-6-4-3-5-7-19)24(30-22)25-18-10-14-21(29-2)15-11-18/h3-16H,1-2H3/b22-16-,25-24?. The van der Waals surface area contributed by atoms with Gasteiger partial charge in [-0.2, -0.15) is 0 Å². The summed E-state index contributed by atoms with van der Waals surface area (Å²) in [5.74, 6) is 1.43. The molecule has 4 rings (SSSR count). The Hall–Kier alpha value is -3.51. The summed E-state index contributed by atoms with van der Waals surface area (Å²) in [5, 5.41) is 0.608. The van der Waals surface area contributed by atoms with E-state index in [9.17, 15) is 4.79 Å². The van der Waals surface area contributed by atoms with Crippen molar-refractivity contribution in [1.82, 2.24) is 0 Å². The molecule has 0 aliphatic carbocycles. The molecule has 0 atom stereocenters. The third-order valence-electron chi connectivity index (χ3n) is 4.53. The Bertz CT molecular complexity index is 1090. The van der Waals surface area contributed by atoms with E-state index in [4.69, 9.17) is 14.5 Å². The summed E-state index contributed by atoms with van der Waals surface area (Å²) in [6.07, 6.45) is 1.87. The van der Waals surface area contributed by atoms with Crippen LogP contribution in [0.4, 0.5) is 11.4 Å². The number of carbonyl (C=O) groups is 1. The number of anilines is 1. The minimum absolute atomic E-state index is 0.103. The van der Waals surface area contributed by atoms with Crippen molar-refractivity contribution in [3.05, 3.63) is 89.3 Å². The highest BCUT2D eigenvalue weighted by Gasteiger charge is 2.34. The molecule has 1 saturated heterocycles. The van der Waals surface area contributed by atoms with Gasteiger partial charge in [-0.1, -0.05) is 30.3 Å². The van der Waals surface area contributed by atoms with Crippen LogP contribution in [-0.4, -0.2) is 25.3 Å². The van der Waals surface area contributed by atoms with E-state index in [-0.39, 0.29) is 5.91 Å². The number of thioether (sulfide) groups is 1. The molecular weight excluding hydrogens is 396 g/mol. The number of amidine groups is 1. The van der Waals surface area contributed by atoms with Crippen molar-refractivity contribution < 1.29 is 14.3 Å². The number of benzene rings is 3. The fourth-order valence-electron chi connectivity index (χ4n) is 2.97. The molecule has 5 nitrogen and oxygen atoms in total. The van der Waals surface area contributed by atoms with Gasteiger partial charge in [0, 0.05) is 0 Å². The largest absolute Gasteiger partial charge is 0.497 e. The average molecular weight is 417 g/mol. The molecular formula is C24H20N2O3S. The molecule has 0 radical (unpaired) electrons. The maximum absolute atomic E-state index is 13.2. The summed E-state index contributed by atoms with van der Waals surface area (Å²) in [6, 6.07) is 24.6. The summed E-state index contributed by atoms with van der Waals surface area (Å²) in [4.78, 5) is 20.2. The van der Waals surface area contributed by atoms with Gasteiger partial charge in [0.2, 0.25) is 0 Å². The normalized spacial score (nSPS) is 16.3. The number of nitrogens with zero attached hydrogens (tertiary/aromatic N) is 2. The Balaban J connectivity index is 1.71. The molecule has 3 aromatic carbocycles. The lowest BCUT2D eigenvalue weighted by Gasteiger charge is -2.15. The van der Waals surface area contributed by atoms with Gasteiger partial charge in [-0.25, -0.2) is 4.99 Å². The number of rotatable bonds is 5. The molecule has 0 aromatic heterocycles. The summed E-state index contributed by atoms with van der Waals surface area (Å²) < 4.78 is 10.4. The first kappa shape index (κ1) is 19.8. The first-order valence-corrected chi connectivity index (χ1v) is 10.2. The molecule has 1 aliphatic heterocycles. The molecule has 0 unspecified atom stereocenters. The molecule has 1 amide bonds. The summed E-state index contributed by atoms with van der Waals surface area (Å²) in [6.45, 7) is 0. The van der Waals surface area contributed by atoms with E-state index < -0.39 is 0 Å². The fraction of sp³-hybridized carbons (Fsp3) is 0.0833.